The summed E-state index contributed by atoms with van der Waals surface area (Å²) in [6.45, 7) is -0.536. The van der Waals surface area contributed by atoms with E-state index in [0.717, 1.165) is 17.4 Å². The van der Waals surface area contributed by atoms with Crippen LogP contribution in [0, 0.1) is 0 Å². The van der Waals surface area contributed by atoms with Crippen LogP contribution in [0.4, 0.5) is 13.2 Å². The molecule has 1 N–H and O–H groups in total. The molecule has 0 spiro atoms. The number of hydrogen-bond donors (Lipinski definition) is 1. The maximum atomic E-state index is 12.5. The zero-order valence-corrected chi connectivity index (χ0v) is 11.6. The summed E-state index contributed by atoms with van der Waals surface area (Å²) in [6, 6.07) is 2.90. The SMILES string of the molecule is O=C(c1cccn1CC(F)(F)F)N1CCCC1CCCO. The van der Waals surface area contributed by atoms with Crippen LogP contribution in [0.3, 0.4) is 0 Å². The fraction of sp³-hybridized carbons (Fsp3) is 0.643. The number of carbonyl (C=O) groups excluding carboxylic acids is 1. The lowest BCUT2D eigenvalue weighted by atomic mass is 10.1. The van der Waals surface area contributed by atoms with Crippen molar-refractivity contribution >= 4 is 5.91 Å². The first-order chi connectivity index (χ1) is 9.92. The quantitative estimate of drug-likeness (QED) is 0.908. The molecule has 4 nitrogen and oxygen atoms in total. The largest absolute Gasteiger partial charge is 0.406 e. The molecule has 0 saturated carbocycles. The van der Waals surface area contributed by atoms with Gasteiger partial charge in [0.15, 0.2) is 0 Å². The molecule has 7 heteroatoms. The van der Waals surface area contributed by atoms with E-state index < -0.39 is 12.7 Å². The lowest BCUT2D eigenvalue weighted by Crippen LogP contribution is -2.37. The Morgan fingerprint density at radius 2 is 2.19 bits per heavy atom. The number of alkyl halides is 3. The topological polar surface area (TPSA) is 45.5 Å². The van der Waals surface area contributed by atoms with E-state index in [0.29, 0.717) is 19.4 Å². The molecule has 0 aliphatic carbocycles. The molecular weight excluding hydrogens is 285 g/mol. The molecule has 1 aliphatic rings. The molecule has 1 unspecified atom stereocenters. The van der Waals surface area contributed by atoms with Crippen molar-refractivity contribution in [3.63, 3.8) is 0 Å². The lowest BCUT2D eigenvalue weighted by molar-refractivity contribution is -0.140. The van der Waals surface area contributed by atoms with Crippen LogP contribution in [0.1, 0.15) is 36.2 Å². The Morgan fingerprint density at radius 3 is 2.86 bits per heavy atom. The third-order valence-electron chi connectivity index (χ3n) is 3.73. The minimum atomic E-state index is -4.35. The van der Waals surface area contributed by atoms with Crippen LogP contribution in [0.25, 0.3) is 0 Å². The van der Waals surface area contributed by atoms with Crippen molar-refractivity contribution in [1.29, 1.82) is 0 Å². The first-order valence-electron chi connectivity index (χ1n) is 7.06. The van der Waals surface area contributed by atoms with Gasteiger partial charge in [-0.2, -0.15) is 13.2 Å². The second-order valence-electron chi connectivity index (χ2n) is 5.30. The number of aromatic nitrogens is 1. The van der Waals surface area contributed by atoms with Crippen molar-refractivity contribution in [2.75, 3.05) is 13.2 Å². The normalized spacial score (nSPS) is 19.2. The molecule has 2 rings (SSSR count). The molecule has 0 aromatic carbocycles. The Morgan fingerprint density at radius 1 is 1.43 bits per heavy atom. The third-order valence-corrected chi connectivity index (χ3v) is 3.73. The average Bonchev–Trinajstić information content (AvgIpc) is 3.02. The number of hydrogen-bond acceptors (Lipinski definition) is 2. The minimum absolute atomic E-state index is 0.0129. The number of halogens is 3. The van der Waals surface area contributed by atoms with Crippen molar-refractivity contribution in [2.45, 2.75) is 44.4 Å². The van der Waals surface area contributed by atoms with Gasteiger partial charge in [0, 0.05) is 25.4 Å². The van der Waals surface area contributed by atoms with Crippen LogP contribution < -0.4 is 0 Å². The van der Waals surface area contributed by atoms with E-state index in [2.05, 4.69) is 0 Å². The van der Waals surface area contributed by atoms with Gasteiger partial charge in [0.25, 0.3) is 5.91 Å². The molecule has 118 valence electrons. The van der Waals surface area contributed by atoms with Crippen LogP contribution >= 0.6 is 0 Å². The summed E-state index contributed by atoms with van der Waals surface area (Å²) >= 11 is 0. The fourth-order valence-corrected chi connectivity index (χ4v) is 2.82. The molecule has 1 aromatic rings. The number of amides is 1. The number of likely N-dealkylation sites (tertiary alicyclic amines) is 1. The van der Waals surface area contributed by atoms with Crippen LogP contribution in [0.15, 0.2) is 18.3 Å². The van der Waals surface area contributed by atoms with Crippen LogP contribution in [-0.4, -0.2) is 45.9 Å². The third kappa shape index (κ3) is 4.00. The fourth-order valence-electron chi connectivity index (χ4n) is 2.82. The van der Waals surface area contributed by atoms with Gasteiger partial charge in [-0.15, -0.1) is 0 Å². The molecule has 1 atom stereocenters. The summed E-state index contributed by atoms with van der Waals surface area (Å²) in [5.41, 5.74) is 0.0724. The second kappa shape index (κ2) is 6.51. The lowest BCUT2D eigenvalue weighted by Gasteiger charge is -2.25. The van der Waals surface area contributed by atoms with Gasteiger partial charge in [0.05, 0.1) is 0 Å². The van der Waals surface area contributed by atoms with Crippen LogP contribution in [0.2, 0.25) is 0 Å². The molecule has 1 fully saturated rings. The van der Waals surface area contributed by atoms with Crippen molar-refractivity contribution in [2.24, 2.45) is 0 Å². The van der Waals surface area contributed by atoms with Gasteiger partial charge in [-0.1, -0.05) is 0 Å². The zero-order chi connectivity index (χ0) is 15.5. The van der Waals surface area contributed by atoms with E-state index in [1.165, 1.54) is 18.3 Å². The Kier molecular flexibility index (Phi) is 4.92. The molecular formula is C14H19F3N2O2. The monoisotopic (exact) mass is 304 g/mol. The molecule has 21 heavy (non-hydrogen) atoms. The summed E-state index contributed by atoms with van der Waals surface area (Å²) in [5, 5.41) is 8.87. The van der Waals surface area contributed by atoms with Gasteiger partial charge >= 0.3 is 6.18 Å². The summed E-state index contributed by atoms with van der Waals surface area (Å²) in [7, 11) is 0. The Balaban J connectivity index is 2.11. The molecule has 0 bridgehead atoms. The summed E-state index contributed by atoms with van der Waals surface area (Å²) in [4.78, 5) is 14.1. The number of nitrogens with zero attached hydrogens (tertiary/aromatic N) is 2. The Labute approximate surface area is 121 Å². The van der Waals surface area contributed by atoms with Gasteiger partial charge < -0.3 is 14.6 Å². The molecule has 2 heterocycles. The highest BCUT2D eigenvalue weighted by atomic mass is 19.4. The average molecular weight is 304 g/mol. The predicted octanol–water partition coefficient (Wildman–Crippen LogP) is 2.43. The van der Waals surface area contributed by atoms with E-state index in [4.69, 9.17) is 5.11 Å². The van der Waals surface area contributed by atoms with E-state index in [9.17, 15) is 18.0 Å². The second-order valence-corrected chi connectivity index (χ2v) is 5.30. The van der Waals surface area contributed by atoms with Crippen molar-refractivity contribution < 1.29 is 23.1 Å². The van der Waals surface area contributed by atoms with E-state index in [1.807, 2.05) is 0 Å². The maximum absolute atomic E-state index is 12.5. The minimum Gasteiger partial charge on any atom is -0.396 e. The van der Waals surface area contributed by atoms with Gasteiger partial charge in [0.1, 0.15) is 12.2 Å². The highest BCUT2D eigenvalue weighted by Crippen LogP contribution is 2.25. The van der Waals surface area contributed by atoms with Gasteiger partial charge in [-0.3, -0.25) is 4.79 Å². The zero-order valence-electron chi connectivity index (χ0n) is 11.6. The maximum Gasteiger partial charge on any atom is 0.406 e. The smallest absolute Gasteiger partial charge is 0.396 e. The van der Waals surface area contributed by atoms with Crippen LogP contribution in [-0.2, 0) is 6.54 Å². The summed E-state index contributed by atoms with van der Waals surface area (Å²) < 4.78 is 38.5. The summed E-state index contributed by atoms with van der Waals surface area (Å²) in [6.07, 6.45) is -0.108. The Bertz CT molecular complexity index is 485. The molecule has 1 saturated heterocycles. The number of carbonyl (C=O) groups is 1. The molecule has 1 amide bonds. The highest BCUT2D eigenvalue weighted by molar-refractivity contribution is 5.93. The first kappa shape index (κ1) is 15.9. The molecule has 0 radical (unpaired) electrons. The predicted molar refractivity (Wildman–Crippen MR) is 70.9 cm³/mol. The number of aliphatic hydroxyl groups excluding tert-OH is 1. The highest BCUT2D eigenvalue weighted by Gasteiger charge is 2.33. The van der Waals surface area contributed by atoms with E-state index >= 15 is 0 Å². The van der Waals surface area contributed by atoms with E-state index in [-0.39, 0.29) is 24.2 Å². The van der Waals surface area contributed by atoms with Crippen molar-refractivity contribution in [3.8, 4) is 0 Å². The molecule has 1 aliphatic heterocycles. The van der Waals surface area contributed by atoms with E-state index in [1.54, 1.807) is 4.90 Å². The first-order valence-corrected chi connectivity index (χ1v) is 7.06. The molecule has 1 aromatic heterocycles. The summed E-state index contributed by atoms with van der Waals surface area (Å²) in [5.74, 6) is -0.357. The van der Waals surface area contributed by atoms with Crippen LogP contribution in [0.5, 0.6) is 0 Å². The standard InChI is InChI=1S/C14H19F3N2O2/c15-14(16,17)10-18-7-2-6-12(18)13(21)19-8-1-4-11(19)5-3-9-20/h2,6-7,11,20H,1,3-5,8-10H2. The number of rotatable bonds is 5. The van der Waals surface area contributed by atoms with Gasteiger partial charge in [-0.25, -0.2) is 0 Å². The van der Waals surface area contributed by atoms with Crippen molar-refractivity contribution in [1.82, 2.24) is 9.47 Å². The van der Waals surface area contributed by atoms with Gasteiger partial charge in [0.2, 0.25) is 0 Å². The van der Waals surface area contributed by atoms with Gasteiger partial charge in [-0.05, 0) is 37.8 Å². The number of aliphatic hydroxyl groups is 1. The van der Waals surface area contributed by atoms with Crippen molar-refractivity contribution in [3.05, 3.63) is 24.0 Å². The Hall–Kier alpha value is -1.50.